The summed E-state index contributed by atoms with van der Waals surface area (Å²) in [5.74, 6) is 1.15. The zero-order chi connectivity index (χ0) is 22.5. The minimum atomic E-state index is -0.325. The number of ether oxygens (including phenoxy) is 2. The van der Waals surface area contributed by atoms with Gasteiger partial charge in [-0.1, -0.05) is 12.1 Å². The first kappa shape index (κ1) is 21.5. The molecule has 0 bridgehead atoms. The molecule has 1 saturated heterocycles. The Labute approximate surface area is 186 Å². The van der Waals surface area contributed by atoms with Crippen LogP contribution in [0.2, 0.25) is 0 Å². The van der Waals surface area contributed by atoms with E-state index < -0.39 is 0 Å². The van der Waals surface area contributed by atoms with Crippen molar-refractivity contribution < 1.29 is 18.7 Å². The number of para-hydroxylation sites is 2. The number of hydrogen-bond donors (Lipinski definition) is 0. The molecule has 0 radical (unpaired) electrons. The fourth-order valence-corrected chi connectivity index (χ4v) is 3.66. The Bertz CT molecular complexity index is 1080. The largest absolute Gasteiger partial charge is 0.495 e. The number of anilines is 1. The normalized spacial score (nSPS) is 13.7. The van der Waals surface area contributed by atoms with E-state index in [0.717, 1.165) is 11.4 Å². The van der Waals surface area contributed by atoms with Crippen molar-refractivity contribution in [2.45, 2.75) is 6.92 Å². The van der Waals surface area contributed by atoms with Crippen LogP contribution in [0.25, 0.3) is 11.4 Å². The molecule has 7 nitrogen and oxygen atoms in total. The fourth-order valence-electron chi connectivity index (χ4n) is 3.66. The van der Waals surface area contributed by atoms with E-state index in [9.17, 15) is 9.18 Å². The highest BCUT2D eigenvalue weighted by Gasteiger charge is 2.23. The molecule has 0 saturated carbocycles. The fraction of sp³-hybridized carbons (Fsp3) is 0.292. The summed E-state index contributed by atoms with van der Waals surface area (Å²) in [6.07, 6.45) is 0. The number of rotatable bonds is 6. The van der Waals surface area contributed by atoms with E-state index in [1.807, 2.05) is 31.2 Å². The highest BCUT2D eigenvalue weighted by molar-refractivity contribution is 5.78. The summed E-state index contributed by atoms with van der Waals surface area (Å²) in [7, 11) is 1.66. The van der Waals surface area contributed by atoms with Gasteiger partial charge in [0.05, 0.1) is 12.8 Å². The zero-order valence-electron chi connectivity index (χ0n) is 18.1. The second-order valence-electron chi connectivity index (χ2n) is 7.51. The predicted octanol–water partition coefficient (Wildman–Crippen LogP) is 3.33. The maximum atomic E-state index is 13.2. The van der Waals surface area contributed by atoms with Gasteiger partial charge < -0.3 is 19.3 Å². The van der Waals surface area contributed by atoms with Gasteiger partial charge in [-0.2, -0.15) is 4.98 Å². The van der Waals surface area contributed by atoms with Crippen LogP contribution in [0.3, 0.4) is 0 Å². The summed E-state index contributed by atoms with van der Waals surface area (Å²) in [4.78, 5) is 25.4. The Hall–Kier alpha value is -3.68. The number of aromatic nitrogens is 2. The third-order valence-electron chi connectivity index (χ3n) is 5.33. The van der Waals surface area contributed by atoms with Gasteiger partial charge in [0.1, 0.15) is 11.6 Å². The first-order chi connectivity index (χ1) is 15.5. The van der Waals surface area contributed by atoms with Gasteiger partial charge >= 0.3 is 0 Å². The van der Waals surface area contributed by atoms with E-state index in [2.05, 4.69) is 14.9 Å². The molecule has 8 heteroatoms. The molecule has 4 rings (SSSR count). The van der Waals surface area contributed by atoms with Gasteiger partial charge in [-0.3, -0.25) is 4.79 Å². The number of halogens is 1. The molecular formula is C24H25FN4O3. The van der Waals surface area contributed by atoms with Crippen molar-refractivity contribution in [2.75, 3.05) is 44.8 Å². The molecule has 1 fully saturated rings. The van der Waals surface area contributed by atoms with E-state index >= 15 is 0 Å². The lowest BCUT2D eigenvalue weighted by Crippen LogP contribution is -2.50. The highest BCUT2D eigenvalue weighted by atomic mass is 19.1. The van der Waals surface area contributed by atoms with Crippen LogP contribution in [-0.2, 0) is 4.79 Å². The number of methoxy groups -OCH3 is 1. The number of benzene rings is 2. The molecule has 1 aliphatic rings. The summed E-state index contributed by atoms with van der Waals surface area (Å²) in [6, 6.07) is 15.5. The molecule has 166 valence electrons. The minimum absolute atomic E-state index is 0.0933. The SMILES string of the molecule is COc1ccccc1N1CCN(C(=O)COc2cc(C)nc(-c3ccc(F)cc3)n2)CC1. The molecule has 32 heavy (non-hydrogen) atoms. The molecule has 2 heterocycles. The van der Waals surface area contributed by atoms with Gasteiger partial charge in [0.15, 0.2) is 12.4 Å². The lowest BCUT2D eigenvalue weighted by Gasteiger charge is -2.36. The molecule has 0 aliphatic carbocycles. The lowest BCUT2D eigenvalue weighted by atomic mass is 10.2. The summed E-state index contributed by atoms with van der Waals surface area (Å²) >= 11 is 0. The molecule has 0 unspecified atom stereocenters. The monoisotopic (exact) mass is 436 g/mol. The van der Waals surface area contributed by atoms with E-state index in [-0.39, 0.29) is 18.3 Å². The van der Waals surface area contributed by atoms with E-state index in [1.165, 1.54) is 12.1 Å². The number of carbonyl (C=O) groups is 1. The van der Waals surface area contributed by atoms with Gasteiger partial charge in [-0.15, -0.1) is 0 Å². The molecular weight excluding hydrogens is 411 g/mol. The van der Waals surface area contributed by atoms with Crippen molar-refractivity contribution in [1.82, 2.24) is 14.9 Å². The summed E-state index contributed by atoms with van der Waals surface area (Å²) < 4.78 is 24.3. The van der Waals surface area contributed by atoms with Gasteiger partial charge in [0.25, 0.3) is 5.91 Å². The first-order valence-electron chi connectivity index (χ1n) is 10.4. The van der Waals surface area contributed by atoms with E-state index in [4.69, 9.17) is 9.47 Å². The Balaban J connectivity index is 1.35. The van der Waals surface area contributed by atoms with Gasteiger partial charge in [-0.05, 0) is 43.3 Å². The van der Waals surface area contributed by atoms with Crippen molar-refractivity contribution in [1.29, 1.82) is 0 Å². The molecule has 0 N–H and O–H groups in total. The standard InChI is InChI=1S/C24H25FN4O3/c1-17-15-22(27-24(26-17)18-7-9-19(25)10-8-18)32-16-23(30)29-13-11-28(12-14-29)20-5-3-4-6-21(20)31-2/h3-10,15H,11-14,16H2,1-2H3. The molecule has 1 aliphatic heterocycles. The van der Waals surface area contributed by atoms with Crippen molar-refractivity contribution in [3.63, 3.8) is 0 Å². The number of nitrogens with zero attached hydrogens (tertiary/aromatic N) is 4. The van der Waals surface area contributed by atoms with Gasteiger partial charge in [-0.25, -0.2) is 9.37 Å². The van der Waals surface area contributed by atoms with Gasteiger partial charge in [0.2, 0.25) is 5.88 Å². The topological polar surface area (TPSA) is 67.8 Å². The molecule has 0 spiro atoms. The Morgan fingerprint density at radius 2 is 1.75 bits per heavy atom. The molecule has 1 aromatic heterocycles. The van der Waals surface area contributed by atoms with Crippen LogP contribution >= 0.6 is 0 Å². The second kappa shape index (κ2) is 9.64. The maximum absolute atomic E-state index is 13.2. The quantitative estimate of drug-likeness (QED) is 0.591. The summed E-state index contributed by atoms with van der Waals surface area (Å²) in [5.41, 5.74) is 2.41. The lowest BCUT2D eigenvalue weighted by molar-refractivity contribution is -0.133. The van der Waals surface area contributed by atoms with Crippen molar-refractivity contribution in [3.8, 4) is 23.0 Å². The van der Waals surface area contributed by atoms with Crippen LogP contribution in [0.15, 0.2) is 54.6 Å². The average Bonchev–Trinajstić information content (AvgIpc) is 2.82. The third-order valence-corrected chi connectivity index (χ3v) is 5.33. The van der Waals surface area contributed by atoms with Crippen molar-refractivity contribution >= 4 is 11.6 Å². The Morgan fingerprint density at radius 3 is 2.47 bits per heavy atom. The molecule has 1 amide bonds. The number of aryl methyl sites for hydroxylation is 1. The minimum Gasteiger partial charge on any atom is -0.495 e. The van der Waals surface area contributed by atoms with Crippen molar-refractivity contribution in [3.05, 3.63) is 66.1 Å². The highest BCUT2D eigenvalue weighted by Crippen LogP contribution is 2.28. The molecule has 0 atom stereocenters. The zero-order valence-corrected chi connectivity index (χ0v) is 18.1. The number of amides is 1. The Kier molecular flexibility index (Phi) is 6.49. The number of hydrogen-bond acceptors (Lipinski definition) is 6. The molecule has 2 aromatic carbocycles. The van der Waals surface area contributed by atoms with E-state index in [1.54, 1.807) is 30.2 Å². The Morgan fingerprint density at radius 1 is 1.03 bits per heavy atom. The third kappa shape index (κ3) is 4.96. The van der Waals surface area contributed by atoms with Crippen LogP contribution in [0.4, 0.5) is 10.1 Å². The van der Waals surface area contributed by atoms with Crippen molar-refractivity contribution in [2.24, 2.45) is 0 Å². The average molecular weight is 436 g/mol. The molecule has 3 aromatic rings. The van der Waals surface area contributed by atoms with Crippen LogP contribution in [0.5, 0.6) is 11.6 Å². The smallest absolute Gasteiger partial charge is 0.260 e. The summed E-state index contributed by atoms with van der Waals surface area (Å²) in [6.45, 7) is 4.35. The van der Waals surface area contributed by atoms with Gasteiger partial charge in [0, 0.05) is 43.5 Å². The number of piperazine rings is 1. The first-order valence-corrected chi connectivity index (χ1v) is 10.4. The van der Waals surface area contributed by atoms with Crippen LogP contribution < -0.4 is 14.4 Å². The van der Waals surface area contributed by atoms with Crippen LogP contribution in [0, 0.1) is 12.7 Å². The van der Waals surface area contributed by atoms with E-state index in [0.29, 0.717) is 49.1 Å². The maximum Gasteiger partial charge on any atom is 0.260 e. The van der Waals surface area contributed by atoms with Crippen LogP contribution in [-0.4, -0.2) is 60.7 Å². The summed E-state index contributed by atoms with van der Waals surface area (Å²) in [5, 5.41) is 0. The van der Waals surface area contributed by atoms with Crippen LogP contribution in [0.1, 0.15) is 5.69 Å². The predicted molar refractivity (Wildman–Crippen MR) is 119 cm³/mol. The second-order valence-corrected chi connectivity index (χ2v) is 7.51. The number of carbonyl (C=O) groups excluding carboxylic acids is 1.